The monoisotopic (exact) mass is 264 g/mol. The lowest BCUT2D eigenvalue weighted by molar-refractivity contribution is 0.274. The summed E-state index contributed by atoms with van der Waals surface area (Å²) < 4.78 is 5.67. The minimum absolute atomic E-state index is 0.189. The molecule has 0 bridgehead atoms. The number of hydrogen-bond acceptors (Lipinski definition) is 3. The minimum Gasteiger partial charge on any atom is -0.493 e. The van der Waals surface area contributed by atoms with Crippen molar-refractivity contribution >= 4 is 5.69 Å². The van der Waals surface area contributed by atoms with E-state index in [1.54, 1.807) is 0 Å². The quantitative estimate of drug-likeness (QED) is 0.897. The first-order valence-corrected chi connectivity index (χ1v) is 6.77. The molecule has 0 aromatic heterocycles. The van der Waals surface area contributed by atoms with E-state index in [-0.39, 0.29) is 6.04 Å². The molecule has 1 N–H and O–H groups in total. The number of benzene rings is 2. The molecule has 100 valence electrons. The summed E-state index contributed by atoms with van der Waals surface area (Å²) in [6.45, 7) is 2.66. The van der Waals surface area contributed by atoms with Gasteiger partial charge in [-0.1, -0.05) is 30.3 Å². The Labute approximate surface area is 118 Å². The van der Waals surface area contributed by atoms with Crippen molar-refractivity contribution in [3.8, 4) is 11.8 Å². The number of fused-ring (bicyclic) bond motifs is 1. The Bertz CT molecular complexity index is 673. The van der Waals surface area contributed by atoms with Gasteiger partial charge in [0.05, 0.1) is 23.9 Å². The van der Waals surface area contributed by atoms with Crippen LogP contribution in [0.4, 0.5) is 5.69 Å². The normalized spacial score (nSPS) is 16.7. The highest BCUT2D eigenvalue weighted by Gasteiger charge is 2.21. The number of hydrogen-bond donors (Lipinski definition) is 1. The lowest BCUT2D eigenvalue weighted by Crippen LogP contribution is -2.20. The lowest BCUT2D eigenvalue weighted by Gasteiger charge is -2.28. The van der Waals surface area contributed by atoms with Crippen LogP contribution in [0.15, 0.2) is 42.5 Å². The molecule has 2 aromatic carbocycles. The van der Waals surface area contributed by atoms with Crippen LogP contribution in [0, 0.1) is 18.3 Å². The second-order valence-electron chi connectivity index (χ2n) is 4.98. The van der Waals surface area contributed by atoms with Crippen molar-refractivity contribution in [2.24, 2.45) is 0 Å². The molecule has 2 aromatic rings. The van der Waals surface area contributed by atoms with E-state index in [9.17, 15) is 5.26 Å². The number of rotatable bonds is 2. The maximum absolute atomic E-state index is 9.31. The van der Waals surface area contributed by atoms with E-state index in [2.05, 4.69) is 17.5 Å². The Hall–Kier alpha value is -2.47. The number of para-hydroxylation sites is 1. The van der Waals surface area contributed by atoms with Crippen LogP contribution in [0.5, 0.6) is 5.75 Å². The van der Waals surface area contributed by atoms with Gasteiger partial charge in [-0.15, -0.1) is 0 Å². The number of nitriles is 1. The fraction of sp³-hybridized carbons (Fsp3) is 0.235. The fourth-order valence-electron chi connectivity index (χ4n) is 2.62. The Kier molecular flexibility index (Phi) is 3.30. The van der Waals surface area contributed by atoms with E-state index in [1.165, 1.54) is 0 Å². The Morgan fingerprint density at radius 3 is 2.90 bits per heavy atom. The highest BCUT2D eigenvalue weighted by molar-refractivity contribution is 5.62. The molecule has 1 aliphatic heterocycles. The molecule has 1 unspecified atom stereocenters. The molecular weight excluding hydrogens is 248 g/mol. The van der Waals surface area contributed by atoms with Crippen molar-refractivity contribution in [2.75, 3.05) is 11.9 Å². The third kappa shape index (κ3) is 2.21. The number of aryl methyl sites for hydroxylation is 1. The van der Waals surface area contributed by atoms with Crippen LogP contribution in [0.25, 0.3) is 0 Å². The predicted octanol–water partition coefficient (Wildman–Crippen LogP) is 3.80. The van der Waals surface area contributed by atoms with Gasteiger partial charge in [0.1, 0.15) is 11.8 Å². The van der Waals surface area contributed by atoms with Crippen LogP contribution >= 0.6 is 0 Å². The van der Waals surface area contributed by atoms with E-state index in [1.807, 2.05) is 43.3 Å². The largest absolute Gasteiger partial charge is 0.493 e. The number of nitrogens with zero attached hydrogens (tertiary/aromatic N) is 1. The van der Waals surface area contributed by atoms with E-state index >= 15 is 0 Å². The molecule has 0 saturated heterocycles. The number of anilines is 1. The molecule has 3 nitrogen and oxygen atoms in total. The molecule has 0 aliphatic carbocycles. The molecule has 0 spiro atoms. The molecule has 0 radical (unpaired) electrons. The van der Waals surface area contributed by atoms with Gasteiger partial charge in [-0.05, 0) is 24.6 Å². The summed E-state index contributed by atoms with van der Waals surface area (Å²) in [5, 5.41) is 12.8. The molecule has 0 saturated carbocycles. The SMILES string of the molecule is Cc1cccc(NC2CCOc3ccccc32)c1C#N. The van der Waals surface area contributed by atoms with Gasteiger partial charge in [0.15, 0.2) is 0 Å². The van der Waals surface area contributed by atoms with Gasteiger partial charge < -0.3 is 10.1 Å². The van der Waals surface area contributed by atoms with E-state index < -0.39 is 0 Å². The first-order chi connectivity index (χ1) is 9.79. The van der Waals surface area contributed by atoms with Crippen molar-refractivity contribution in [3.63, 3.8) is 0 Å². The van der Waals surface area contributed by atoms with Gasteiger partial charge in [0.25, 0.3) is 0 Å². The molecule has 0 amide bonds. The fourth-order valence-corrected chi connectivity index (χ4v) is 2.62. The van der Waals surface area contributed by atoms with Crippen molar-refractivity contribution in [1.29, 1.82) is 5.26 Å². The maximum atomic E-state index is 9.31. The van der Waals surface area contributed by atoms with E-state index in [4.69, 9.17) is 4.74 Å². The third-order valence-corrected chi connectivity index (χ3v) is 3.67. The van der Waals surface area contributed by atoms with Crippen LogP contribution in [0.1, 0.15) is 29.2 Å². The summed E-state index contributed by atoms with van der Waals surface area (Å²) in [6, 6.07) is 16.4. The van der Waals surface area contributed by atoms with Crippen LogP contribution in [0.3, 0.4) is 0 Å². The lowest BCUT2D eigenvalue weighted by atomic mass is 9.99. The van der Waals surface area contributed by atoms with Crippen molar-refractivity contribution in [1.82, 2.24) is 0 Å². The first kappa shape index (κ1) is 12.6. The molecule has 3 rings (SSSR count). The van der Waals surface area contributed by atoms with Gasteiger partial charge in [-0.25, -0.2) is 0 Å². The maximum Gasteiger partial charge on any atom is 0.124 e. The first-order valence-electron chi connectivity index (χ1n) is 6.77. The summed E-state index contributed by atoms with van der Waals surface area (Å²) in [5.41, 5.74) is 3.77. The van der Waals surface area contributed by atoms with E-state index in [0.717, 1.165) is 34.5 Å². The van der Waals surface area contributed by atoms with Crippen molar-refractivity contribution in [2.45, 2.75) is 19.4 Å². The highest BCUT2D eigenvalue weighted by atomic mass is 16.5. The summed E-state index contributed by atoms with van der Waals surface area (Å²) in [6.07, 6.45) is 0.899. The molecule has 3 heteroatoms. The van der Waals surface area contributed by atoms with Gasteiger partial charge in [-0.3, -0.25) is 0 Å². The average molecular weight is 264 g/mol. The molecule has 20 heavy (non-hydrogen) atoms. The summed E-state index contributed by atoms with van der Waals surface area (Å²) in [7, 11) is 0. The van der Waals surface area contributed by atoms with Gasteiger partial charge in [-0.2, -0.15) is 5.26 Å². The van der Waals surface area contributed by atoms with Gasteiger partial charge >= 0.3 is 0 Å². The molecular formula is C17H16N2O. The Morgan fingerprint density at radius 2 is 2.05 bits per heavy atom. The zero-order chi connectivity index (χ0) is 13.9. The number of ether oxygens (including phenoxy) is 1. The van der Waals surface area contributed by atoms with Crippen LogP contribution < -0.4 is 10.1 Å². The van der Waals surface area contributed by atoms with Crippen LogP contribution in [-0.2, 0) is 0 Å². The average Bonchev–Trinajstić information content (AvgIpc) is 2.48. The standard InChI is InChI=1S/C17H16N2O/c1-12-5-4-7-15(14(12)11-18)19-16-9-10-20-17-8-3-2-6-13(16)17/h2-8,16,19H,9-10H2,1H3. The van der Waals surface area contributed by atoms with Crippen LogP contribution in [-0.4, -0.2) is 6.61 Å². The Morgan fingerprint density at radius 1 is 1.20 bits per heavy atom. The number of nitrogens with one attached hydrogen (secondary N) is 1. The molecule has 1 aliphatic rings. The zero-order valence-corrected chi connectivity index (χ0v) is 11.4. The smallest absolute Gasteiger partial charge is 0.124 e. The third-order valence-electron chi connectivity index (χ3n) is 3.67. The molecule has 1 atom stereocenters. The Balaban J connectivity index is 1.94. The summed E-state index contributed by atoms with van der Waals surface area (Å²) >= 11 is 0. The predicted molar refractivity (Wildman–Crippen MR) is 78.8 cm³/mol. The van der Waals surface area contributed by atoms with E-state index in [0.29, 0.717) is 6.61 Å². The van der Waals surface area contributed by atoms with Crippen molar-refractivity contribution in [3.05, 3.63) is 59.2 Å². The summed E-state index contributed by atoms with van der Waals surface area (Å²) in [4.78, 5) is 0. The van der Waals surface area contributed by atoms with Gasteiger partial charge in [0, 0.05) is 12.0 Å². The zero-order valence-electron chi connectivity index (χ0n) is 11.4. The van der Waals surface area contributed by atoms with Crippen molar-refractivity contribution < 1.29 is 4.74 Å². The second-order valence-corrected chi connectivity index (χ2v) is 4.98. The minimum atomic E-state index is 0.189. The molecule has 1 heterocycles. The van der Waals surface area contributed by atoms with Gasteiger partial charge in [0.2, 0.25) is 0 Å². The highest BCUT2D eigenvalue weighted by Crippen LogP contribution is 2.34. The van der Waals surface area contributed by atoms with Crippen LogP contribution in [0.2, 0.25) is 0 Å². The second kappa shape index (κ2) is 5.26. The topological polar surface area (TPSA) is 45.0 Å². The summed E-state index contributed by atoms with van der Waals surface area (Å²) in [5.74, 6) is 0.933. The molecule has 0 fully saturated rings.